The fourth-order valence-electron chi connectivity index (χ4n) is 3.51. The molecule has 1 fully saturated rings. The molecule has 0 atom stereocenters. The molecule has 27 heavy (non-hydrogen) atoms. The average molecular weight is 394 g/mol. The lowest BCUT2D eigenvalue weighted by molar-refractivity contribution is 0.312. The zero-order valence-corrected chi connectivity index (χ0v) is 15.7. The van der Waals surface area contributed by atoms with E-state index in [-0.39, 0.29) is 22.5 Å². The summed E-state index contributed by atoms with van der Waals surface area (Å²) in [5, 5.41) is 8.01. The van der Waals surface area contributed by atoms with Gasteiger partial charge in [0.1, 0.15) is 12.1 Å². The molecule has 0 saturated carbocycles. The number of fused-ring (bicyclic) bond motifs is 1. The summed E-state index contributed by atoms with van der Waals surface area (Å²) in [6.07, 6.45) is 5.32. The van der Waals surface area contributed by atoms with Crippen molar-refractivity contribution in [2.45, 2.75) is 23.7 Å². The summed E-state index contributed by atoms with van der Waals surface area (Å²) in [7, 11) is -0.695. The first kappa shape index (κ1) is 17.9. The summed E-state index contributed by atoms with van der Waals surface area (Å²) in [6.45, 7) is 0.583. The quantitative estimate of drug-likeness (QED) is 0.660. The molecule has 4 rings (SSSR count). The van der Waals surface area contributed by atoms with E-state index in [1.165, 1.54) is 39.2 Å². The number of halogens is 1. The number of hydrogen-bond acceptors (Lipinski definition) is 6. The number of methoxy groups -OCH3 is 1. The second-order valence-electron chi connectivity index (χ2n) is 6.46. The van der Waals surface area contributed by atoms with Gasteiger partial charge in [0, 0.05) is 38.0 Å². The van der Waals surface area contributed by atoms with Gasteiger partial charge in [-0.25, -0.2) is 27.0 Å². The van der Waals surface area contributed by atoms with Crippen LogP contribution in [0.2, 0.25) is 0 Å². The topological polar surface area (TPSA) is 94.6 Å². The third kappa shape index (κ3) is 2.96. The predicted octanol–water partition coefficient (Wildman–Crippen LogP) is 1.18. The highest BCUT2D eigenvalue weighted by Gasteiger charge is 2.34. The van der Waals surface area contributed by atoms with Gasteiger partial charge in [-0.15, -0.1) is 0 Å². The smallest absolute Gasteiger partial charge is 0.250 e. The molecule has 0 spiro atoms. The first-order valence-electron chi connectivity index (χ1n) is 8.46. The summed E-state index contributed by atoms with van der Waals surface area (Å²) in [5.41, 5.74) is 0.976. The van der Waals surface area contributed by atoms with Crippen LogP contribution in [-0.4, -0.2) is 57.3 Å². The molecule has 0 aromatic carbocycles. The maximum Gasteiger partial charge on any atom is 0.250 e. The van der Waals surface area contributed by atoms with Crippen LogP contribution in [-0.2, 0) is 17.1 Å². The number of rotatable bonds is 4. The van der Waals surface area contributed by atoms with Crippen LogP contribution in [0.4, 0.5) is 4.39 Å². The lowest BCUT2D eigenvalue weighted by Gasteiger charge is -2.31. The van der Waals surface area contributed by atoms with Gasteiger partial charge in [-0.05, 0) is 18.8 Å². The largest absolute Gasteiger partial charge is 0.480 e. The Morgan fingerprint density at radius 2 is 2.00 bits per heavy atom. The van der Waals surface area contributed by atoms with Gasteiger partial charge in [-0.3, -0.25) is 0 Å². The van der Waals surface area contributed by atoms with E-state index in [1.807, 2.05) is 0 Å². The molecule has 0 radical (unpaired) electrons. The Bertz CT molecular complexity index is 1080. The molecule has 9 nitrogen and oxygen atoms in total. The minimum absolute atomic E-state index is 0.0427. The second-order valence-corrected chi connectivity index (χ2v) is 8.37. The SMILES string of the molecule is COc1c(S(=O)(=O)N2CCC(c3cn4ncnc4cc3F)CC2)cnn1C. The third-order valence-corrected chi connectivity index (χ3v) is 6.83. The number of pyridine rings is 1. The summed E-state index contributed by atoms with van der Waals surface area (Å²) in [4.78, 5) is 4.01. The van der Waals surface area contributed by atoms with E-state index in [1.54, 1.807) is 13.2 Å². The van der Waals surface area contributed by atoms with E-state index >= 15 is 0 Å². The fraction of sp³-hybridized carbons (Fsp3) is 0.438. The van der Waals surface area contributed by atoms with Crippen LogP contribution >= 0.6 is 0 Å². The lowest BCUT2D eigenvalue weighted by atomic mass is 9.91. The van der Waals surface area contributed by atoms with Crippen LogP contribution in [0.25, 0.3) is 5.65 Å². The minimum Gasteiger partial charge on any atom is -0.480 e. The number of nitrogens with zero attached hydrogens (tertiary/aromatic N) is 6. The zero-order chi connectivity index (χ0) is 19.2. The Kier molecular flexibility index (Phi) is 4.35. The second kappa shape index (κ2) is 6.57. The Balaban J connectivity index is 1.55. The number of piperidine rings is 1. The first-order chi connectivity index (χ1) is 12.9. The molecule has 144 valence electrons. The number of aromatic nitrogens is 5. The number of sulfonamides is 1. The van der Waals surface area contributed by atoms with E-state index < -0.39 is 10.0 Å². The zero-order valence-electron chi connectivity index (χ0n) is 14.9. The van der Waals surface area contributed by atoms with Crippen molar-refractivity contribution in [3.05, 3.63) is 36.2 Å². The molecule has 11 heteroatoms. The summed E-state index contributed by atoms with van der Waals surface area (Å²) in [5.74, 6) is -0.230. The first-order valence-corrected chi connectivity index (χ1v) is 9.90. The van der Waals surface area contributed by atoms with Crippen molar-refractivity contribution in [3.8, 4) is 5.88 Å². The van der Waals surface area contributed by atoms with E-state index in [0.717, 1.165) is 0 Å². The molecular formula is C16H19FN6O3S. The van der Waals surface area contributed by atoms with Gasteiger partial charge < -0.3 is 4.74 Å². The maximum absolute atomic E-state index is 14.4. The van der Waals surface area contributed by atoms with Crippen LogP contribution in [0.15, 0.2) is 29.7 Å². The number of hydrogen-bond donors (Lipinski definition) is 0. The van der Waals surface area contributed by atoms with E-state index in [9.17, 15) is 12.8 Å². The van der Waals surface area contributed by atoms with Gasteiger partial charge >= 0.3 is 0 Å². The van der Waals surface area contributed by atoms with Gasteiger partial charge in [0.25, 0.3) is 0 Å². The molecule has 1 saturated heterocycles. The van der Waals surface area contributed by atoms with Gasteiger partial charge in [0.05, 0.1) is 13.3 Å². The average Bonchev–Trinajstić information content (AvgIpc) is 3.26. The van der Waals surface area contributed by atoms with Crippen molar-refractivity contribution in [2.24, 2.45) is 7.05 Å². The van der Waals surface area contributed by atoms with Crippen molar-refractivity contribution in [1.82, 2.24) is 28.7 Å². The molecule has 3 aromatic rings. The molecule has 0 amide bonds. The van der Waals surface area contributed by atoms with Crippen LogP contribution in [0.1, 0.15) is 24.3 Å². The summed E-state index contributed by atoms with van der Waals surface area (Å²) < 4.78 is 49.8. The highest BCUT2D eigenvalue weighted by atomic mass is 32.2. The summed E-state index contributed by atoms with van der Waals surface area (Å²) >= 11 is 0. The van der Waals surface area contributed by atoms with Gasteiger partial charge in [0.15, 0.2) is 10.5 Å². The number of aryl methyl sites for hydroxylation is 1. The maximum atomic E-state index is 14.4. The van der Waals surface area contributed by atoms with Gasteiger partial charge in [-0.1, -0.05) is 0 Å². The van der Waals surface area contributed by atoms with Crippen LogP contribution in [0, 0.1) is 5.82 Å². The molecule has 4 heterocycles. The molecule has 0 aliphatic carbocycles. The standard InChI is InChI=1S/C16H19FN6O3S/c1-21-16(26-2)14(8-19-21)27(24,25)22-5-3-11(4-6-22)12-9-23-15(7-13(12)17)18-10-20-23/h7-11H,3-6H2,1-2H3. The normalized spacial score (nSPS) is 16.9. The Morgan fingerprint density at radius 3 is 2.70 bits per heavy atom. The molecule has 0 N–H and O–H groups in total. The van der Waals surface area contributed by atoms with Gasteiger partial charge in [-0.2, -0.15) is 14.5 Å². The van der Waals surface area contributed by atoms with Crippen molar-refractivity contribution >= 4 is 15.7 Å². The predicted molar refractivity (Wildman–Crippen MR) is 93.4 cm³/mol. The van der Waals surface area contributed by atoms with Crippen molar-refractivity contribution < 1.29 is 17.5 Å². The van der Waals surface area contributed by atoms with E-state index in [0.29, 0.717) is 37.1 Å². The Labute approximate surface area is 155 Å². The lowest BCUT2D eigenvalue weighted by Crippen LogP contribution is -2.38. The van der Waals surface area contributed by atoms with Crippen molar-refractivity contribution in [2.75, 3.05) is 20.2 Å². The van der Waals surface area contributed by atoms with Crippen LogP contribution in [0.5, 0.6) is 5.88 Å². The Morgan fingerprint density at radius 1 is 1.26 bits per heavy atom. The van der Waals surface area contributed by atoms with Crippen LogP contribution < -0.4 is 4.74 Å². The van der Waals surface area contributed by atoms with E-state index in [4.69, 9.17) is 4.74 Å². The summed E-state index contributed by atoms with van der Waals surface area (Å²) in [6, 6.07) is 1.35. The van der Waals surface area contributed by atoms with Crippen LogP contribution in [0.3, 0.4) is 0 Å². The third-order valence-electron chi connectivity index (χ3n) is 4.95. The van der Waals surface area contributed by atoms with E-state index in [2.05, 4.69) is 15.2 Å². The molecule has 1 aliphatic heterocycles. The monoisotopic (exact) mass is 394 g/mol. The van der Waals surface area contributed by atoms with Crippen molar-refractivity contribution in [1.29, 1.82) is 0 Å². The molecule has 0 unspecified atom stereocenters. The Hall–Kier alpha value is -2.53. The van der Waals surface area contributed by atoms with Crippen molar-refractivity contribution in [3.63, 3.8) is 0 Å². The minimum atomic E-state index is -3.72. The highest BCUT2D eigenvalue weighted by molar-refractivity contribution is 7.89. The fourth-order valence-corrected chi connectivity index (χ4v) is 5.10. The molecular weight excluding hydrogens is 375 g/mol. The van der Waals surface area contributed by atoms with Gasteiger partial charge in [0.2, 0.25) is 15.9 Å². The molecule has 1 aliphatic rings. The molecule has 3 aromatic heterocycles. The number of ether oxygens (including phenoxy) is 1. The molecule has 0 bridgehead atoms. The highest BCUT2D eigenvalue weighted by Crippen LogP contribution is 2.34.